The number of rotatable bonds is 7. The van der Waals surface area contributed by atoms with Crippen LogP contribution in [0.1, 0.15) is 25.0 Å². The molecule has 0 saturated carbocycles. The van der Waals surface area contributed by atoms with Crippen molar-refractivity contribution in [3.8, 4) is 0 Å². The summed E-state index contributed by atoms with van der Waals surface area (Å²) in [5.74, 6) is 0. The molecule has 0 aliphatic carbocycles. The SMILES string of the molecule is Cc1csc(=O)n1CCN1CCC(OCCCO)CC1. The van der Waals surface area contributed by atoms with E-state index in [1.165, 1.54) is 11.3 Å². The standard InChI is InChI=1S/C14H24N2O3S/c1-12-11-20-14(18)16(12)8-7-15-5-3-13(4-6-15)19-10-2-9-17/h11,13,17H,2-10H2,1H3. The second kappa shape index (κ2) is 7.93. The van der Waals surface area contributed by atoms with E-state index >= 15 is 0 Å². The van der Waals surface area contributed by atoms with E-state index < -0.39 is 0 Å². The first-order valence-electron chi connectivity index (χ1n) is 7.30. The van der Waals surface area contributed by atoms with E-state index in [1.54, 1.807) is 0 Å². The van der Waals surface area contributed by atoms with Crippen LogP contribution in [-0.2, 0) is 11.3 Å². The van der Waals surface area contributed by atoms with E-state index in [0.29, 0.717) is 12.7 Å². The Balaban J connectivity index is 1.68. The average Bonchev–Trinajstić information content (AvgIpc) is 2.78. The van der Waals surface area contributed by atoms with Crippen LogP contribution >= 0.6 is 11.3 Å². The van der Waals surface area contributed by atoms with E-state index in [-0.39, 0.29) is 11.5 Å². The Hall–Kier alpha value is -0.690. The Bertz CT molecular complexity index is 450. The zero-order chi connectivity index (χ0) is 14.4. The highest BCUT2D eigenvalue weighted by atomic mass is 32.1. The molecule has 5 nitrogen and oxygen atoms in total. The molecule has 0 unspecified atom stereocenters. The Labute approximate surface area is 123 Å². The number of aromatic nitrogens is 1. The molecule has 6 heteroatoms. The molecule has 1 aliphatic rings. The molecule has 1 saturated heterocycles. The number of aliphatic hydroxyl groups excluding tert-OH is 1. The topological polar surface area (TPSA) is 54.7 Å². The van der Waals surface area contributed by atoms with Gasteiger partial charge in [0.15, 0.2) is 0 Å². The normalized spacial score (nSPS) is 17.7. The number of ether oxygens (including phenoxy) is 1. The molecule has 1 aromatic rings. The first kappa shape index (κ1) is 15.7. The second-order valence-electron chi connectivity index (χ2n) is 5.28. The van der Waals surface area contributed by atoms with Gasteiger partial charge in [-0.1, -0.05) is 11.3 Å². The minimum absolute atomic E-state index is 0.143. The predicted octanol–water partition coefficient (Wildman–Crippen LogP) is 1.08. The van der Waals surface area contributed by atoms with Gasteiger partial charge in [0.25, 0.3) is 0 Å². The lowest BCUT2D eigenvalue weighted by Crippen LogP contribution is -2.39. The summed E-state index contributed by atoms with van der Waals surface area (Å²) in [6.45, 7) is 6.62. The average molecular weight is 300 g/mol. The van der Waals surface area contributed by atoms with Gasteiger partial charge in [-0.15, -0.1) is 0 Å². The van der Waals surface area contributed by atoms with Crippen molar-refractivity contribution in [2.24, 2.45) is 0 Å². The van der Waals surface area contributed by atoms with Gasteiger partial charge in [0.2, 0.25) is 0 Å². The molecule has 0 bridgehead atoms. The summed E-state index contributed by atoms with van der Waals surface area (Å²) < 4.78 is 7.58. The molecule has 1 aliphatic heterocycles. The van der Waals surface area contributed by atoms with Crippen LogP contribution in [0.2, 0.25) is 0 Å². The quantitative estimate of drug-likeness (QED) is 0.766. The Kier molecular flexibility index (Phi) is 6.22. The number of hydrogen-bond acceptors (Lipinski definition) is 5. The summed E-state index contributed by atoms with van der Waals surface area (Å²) in [5, 5.41) is 10.6. The molecule has 1 aromatic heterocycles. The Morgan fingerprint density at radius 1 is 1.40 bits per heavy atom. The van der Waals surface area contributed by atoms with Crippen molar-refractivity contribution in [2.45, 2.75) is 38.8 Å². The van der Waals surface area contributed by atoms with Gasteiger partial charge in [-0.2, -0.15) is 0 Å². The molecule has 2 heterocycles. The zero-order valence-electron chi connectivity index (χ0n) is 12.1. The van der Waals surface area contributed by atoms with Gasteiger partial charge in [-0.3, -0.25) is 4.79 Å². The Morgan fingerprint density at radius 2 is 2.15 bits per heavy atom. The minimum Gasteiger partial charge on any atom is -0.396 e. The van der Waals surface area contributed by atoms with Crippen molar-refractivity contribution < 1.29 is 9.84 Å². The number of aliphatic hydroxyl groups is 1. The van der Waals surface area contributed by atoms with Crippen LogP contribution in [0.3, 0.4) is 0 Å². The summed E-state index contributed by atoms with van der Waals surface area (Å²) in [7, 11) is 0. The maximum atomic E-state index is 11.6. The fraction of sp³-hybridized carbons (Fsp3) is 0.786. The van der Waals surface area contributed by atoms with E-state index in [0.717, 1.165) is 51.1 Å². The molecule has 0 atom stereocenters. The van der Waals surface area contributed by atoms with E-state index in [9.17, 15) is 4.79 Å². The number of hydrogen-bond donors (Lipinski definition) is 1. The van der Waals surface area contributed by atoms with E-state index in [2.05, 4.69) is 4.90 Å². The number of piperidine rings is 1. The van der Waals surface area contributed by atoms with Gasteiger partial charge in [0.1, 0.15) is 0 Å². The molecule has 20 heavy (non-hydrogen) atoms. The van der Waals surface area contributed by atoms with Crippen molar-refractivity contribution in [3.63, 3.8) is 0 Å². The molecule has 1 fully saturated rings. The third-order valence-electron chi connectivity index (χ3n) is 3.81. The summed E-state index contributed by atoms with van der Waals surface area (Å²) in [5.41, 5.74) is 1.06. The van der Waals surface area contributed by atoms with Crippen molar-refractivity contribution in [1.29, 1.82) is 0 Å². The summed E-state index contributed by atoms with van der Waals surface area (Å²) in [6.07, 6.45) is 3.15. The zero-order valence-corrected chi connectivity index (χ0v) is 12.9. The largest absolute Gasteiger partial charge is 0.396 e. The highest BCUT2D eigenvalue weighted by Gasteiger charge is 2.19. The molecular weight excluding hydrogens is 276 g/mol. The summed E-state index contributed by atoms with van der Waals surface area (Å²) >= 11 is 1.28. The van der Waals surface area contributed by atoms with Crippen molar-refractivity contribution >= 4 is 11.3 Å². The number of nitrogens with zero attached hydrogens (tertiary/aromatic N) is 2. The lowest BCUT2D eigenvalue weighted by Gasteiger charge is -2.31. The van der Waals surface area contributed by atoms with Crippen LogP contribution < -0.4 is 4.87 Å². The molecule has 1 N–H and O–H groups in total. The van der Waals surface area contributed by atoms with Gasteiger partial charge in [0, 0.05) is 50.5 Å². The lowest BCUT2D eigenvalue weighted by molar-refractivity contribution is 0.00176. The van der Waals surface area contributed by atoms with Gasteiger partial charge in [-0.25, -0.2) is 0 Å². The smallest absolute Gasteiger partial charge is 0.307 e. The van der Waals surface area contributed by atoms with Gasteiger partial charge < -0.3 is 19.3 Å². The van der Waals surface area contributed by atoms with Crippen LogP contribution in [0.5, 0.6) is 0 Å². The van der Waals surface area contributed by atoms with Crippen LogP contribution in [0.25, 0.3) is 0 Å². The second-order valence-corrected chi connectivity index (χ2v) is 6.10. The van der Waals surface area contributed by atoms with Gasteiger partial charge in [-0.05, 0) is 26.2 Å². The van der Waals surface area contributed by atoms with E-state index in [4.69, 9.17) is 9.84 Å². The van der Waals surface area contributed by atoms with Gasteiger partial charge >= 0.3 is 4.87 Å². The molecule has 114 valence electrons. The number of aryl methyl sites for hydroxylation is 1. The predicted molar refractivity (Wildman–Crippen MR) is 80.4 cm³/mol. The highest BCUT2D eigenvalue weighted by molar-refractivity contribution is 7.07. The number of likely N-dealkylation sites (tertiary alicyclic amines) is 1. The summed E-state index contributed by atoms with van der Waals surface area (Å²) in [4.78, 5) is 14.2. The minimum atomic E-state index is 0.143. The van der Waals surface area contributed by atoms with Gasteiger partial charge in [0.05, 0.1) is 6.10 Å². The molecule has 0 amide bonds. The third kappa shape index (κ3) is 4.41. The lowest BCUT2D eigenvalue weighted by atomic mass is 10.1. The maximum Gasteiger partial charge on any atom is 0.307 e. The van der Waals surface area contributed by atoms with Crippen molar-refractivity contribution in [3.05, 3.63) is 20.7 Å². The third-order valence-corrected chi connectivity index (χ3v) is 4.69. The van der Waals surface area contributed by atoms with Crippen LogP contribution in [0.15, 0.2) is 10.2 Å². The molecule has 0 spiro atoms. The fourth-order valence-electron chi connectivity index (χ4n) is 2.53. The molecule has 2 rings (SSSR count). The van der Waals surface area contributed by atoms with Crippen LogP contribution in [-0.4, -0.2) is 53.5 Å². The van der Waals surface area contributed by atoms with Crippen LogP contribution in [0, 0.1) is 6.92 Å². The monoisotopic (exact) mass is 300 g/mol. The first-order chi connectivity index (χ1) is 9.70. The van der Waals surface area contributed by atoms with E-state index in [1.807, 2.05) is 16.9 Å². The fourth-order valence-corrected chi connectivity index (χ4v) is 3.29. The summed E-state index contributed by atoms with van der Waals surface area (Å²) in [6, 6.07) is 0. The number of thiazole rings is 1. The molecular formula is C14H24N2O3S. The molecule has 0 radical (unpaired) electrons. The molecule has 0 aromatic carbocycles. The first-order valence-corrected chi connectivity index (χ1v) is 8.18. The maximum absolute atomic E-state index is 11.6. The Morgan fingerprint density at radius 3 is 2.75 bits per heavy atom. The van der Waals surface area contributed by atoms with Crippen LogP contribution in [0.4, 0.5) is 0 Å². The highest BCUT2D eigenvalue weighted by Crippen LogP contribution is 2.14. The van der Waals surface area contributed by atoms with Crippen molar-refractivity contribution in [2.75, 3.05) is 32.8 Å². The van der Waals surface area contributed by atoms with Crippen molar-refractivity contribution in [1.82, 2.24) is 9.47 Å².